The average Bonchev–Trinajstić information content (AvgIpc) is 3.20. The number of para-hydroxylation sites is 2. The zero-order chi connectivity index (χ0) is 15.8. The molecule has 3 heterocycles. The van der Waals surface area contributed by atoms with Crippen molar-refractivity contribution in [3.05, 3.63) is 46.2 Å². The summed E-state index contributed by atoms with van der Waals surface area (Å²) in [7, 11) is 0. The van der Waals surface area contributed by atoms with E-state index in [4.69, 9.17) is 4.42 Å². The van der Waals surface area contributed by atoms with Gasteiger partial charge in [0.1, 0.15) is 5.52 Å². The van der Waals surface area contributed by atoms with Crippen LogP contribution >= 0.6 is 11.3 Å². The van der Waals surface area contributed by atoms with Gasteiger partial charge in [0.2, 0.25) is 0 Å². The second kappa shape index (κ2) is 5.70. The molecule has 2 aromatic heterocycles. The summed E-state index contributed by atoms with van der Waals surface area (Å²) in [6.45, 7) is 4.88. The zero-order valence-corrected chi connectivity index (χ0v) is 13.7. The number of benzene rings is 1. The molecule has 1 aliphatic heterocycles. The summed E-state index contributed by atoms with van der Waals surface area (Å²) in [6.07, 6.45) is 0. The number of rotatable bonds is 2. The molecule has 0 bridgehead atoms. The van der Waals surface area contributed by atoms with E-state index in [9.17, 15) is 4.79 Å². The lowest BCUT2D eigenvalue weighted by Gasteiger charge is -2.33. The normalized spacial score (nSPS) is 15.3. The van der Waals surface area contributed by atoms with Crippen molar-refractivity contribution in [2.45, 2.75) is 6.92 Å². The second-order valence-electron chi connectivity index (χ2n) is 5.65. The number of thiophene rings is 1. The fourth-order valence-electron chi connectivity index (χ4n) is 2.80. The van der Waals surface area contributed by atoms with Crippen LogP contribution in [-0.4, -0.2) is 42.0 Å². The molecule has 6 heteroatoms. The largest absolute Gasteiger partial charge is 0.423 e. The topological polar surface area (TPSA) is 49.6 Å². The molecule has 0 unspecified atom stereocenters. The third kappa shape index (κ3) is 2.70. The summed E-state index contributed by atoms with van der Waals surface area (Å²) in [4.78, 5) is 23.0. The van der Waals surface area contributed by atoms with Crippen molar-refractivity contribution < 1.29 is 9.21 Å². The van der Waals surface area contributed by atoms with E-state index in [0.29, 0.717) is 19.1 Å². The van der Waals surface area contributed by atoms with E-state index in [2.05, 4.69) is 9.88 Å². The predicted molar refractivity (Wildman–Crippen MR) is 91.2 cm³/mol. The Hall–Kier alpha value is -2.34. The van der Waals surface area contributed by atoms with E-state index in [1.54, 1.807) is 11.3 Å². The van der Waals surface area contributed by atoms with Gasteiger partial charge in [0.15, 0.2) is 5.58 Å². The van der Waals surface area contributed by atoms with Crippen LogP contribution in [0.2, 0.25) is 0 Å². The number of amides is 1. The minimum Gasteiger partial charge on any atom is -0.423 e. The number of piperazine rings is 1. The van der Waals surface area contributed by atoms with Crippen LogP contribution in [0.1, 0.15) is 14.5 Å². The van der Waals surface area contributed by atoms with Crippen LogP contribution in [0.3, 0.4) is 0 Å². The first-order valence-electron chi connectivity index (χ1n) is 7.67. The van der Waals surface area contributed by atoms with Crippen LogP contribution in [0, 0.1) is 6.92 Å². The SMILES string of the molecule is Cc1ccc(C(=O)N2CCN(c3nc4ccccc4o3)CC2)s1. The molecule has 23 heavy (non-hydrogen) atoms. The summed E-state index contributed by atoms with van der Waals surface area (Å²) < 4.78 is 5.80. The van der Waals surface area contributed by atoms with Crippen molar-refractivity contribution in [1.29, 1.82) is 0 Å². The molecular formula is C17H17N3O2S. The second-order valence-corrected chi connectivity index (χ2v) is 6.94. The lowest BCUT2D eigenvalue weighted by atomic mass is 10.3. The Bertz CT molecular complexity index is 813. The van der Waals surface area contributed by atoms with E-state index in [1.165, 1.54) is 4.88 Å². The van der Waals surface area contributed by atoms with Crippen LogP contribution in [0.5, 0.6) is 0 Å². The third-order valence-electron chi connectivity index (χ3n) is 4.07. The van der Waals surface area contributed by atoms with Gasteiger partial charge in [-0.2, -0.15) is 4.98 Å². The standard InChI is InChI=1S/C17H17N3O2S/c1-12-6-7-15(23-12)16(21)19-8-10-20(11-9-19)17-18-13-4-2-3-5-14(13)22-17/h2-7H,8-11H2,1H3. The van der Waals surface area contributed by atoms with E-state index in [0.717, 1.165) is 29.1 Å². The highest BCUT2D eigenvalue weighted by Crippen LogP contribution is 2.23. The maximum atomic E-state index is 12.5. The molecule has 1 aliphatic rings. The van der Waals surface area contributed by atoms with Crippen molar-refractivity contribution in [2.24, 2.45) is 0 Å². The summed E-state index contributed by atoms with van der Waals surface area (Å²) in [5.41, 5.74) is 1.67. The van der Waals surface area contributed by atoms with Crippen LogP contribution in [0.4, 0.5) is 6.01 Å². The van der Waals surface area contributed by atoms with Crippen LogP contribution in [0.15, 0.2) is 40.8 Å². The summed E-state index contributed by atoms with van der Waals surface area (Å²) >= 11 is 1.55. The number of hydrogen-bond donors (Lipinski definition) is 0. The molecule has 3 aromatic rings. The quantitative estimate of drug-likeness (QED) is 0.725. The molecular weight excluding hydrogens is 310 g/mol. The van der Waals surface area contributed by atoms with Gasteiger partial charge in [-0.15, -0.1) is 11.3 Å². The lowest BCUT2D eigenvalue weighted by molar-refractivity contribution is 0.0750. The lowest BCUT2D eigenvalue weighted by Crippen LogP contribution is -2.48. The highest BCUT2D eigenvalue weighted by molar-refractivity contribution is 7.13. The molecule has 0 atom stereocenters. The van der Waals surface area contributed by atoms with Gasteiger partial charge in [-0.05, 0) is 31.2 Å². The number of oxazole rings is 1. The van der Waals surface area contributed by atoms with Gasteiger partial charge in [-0.3, -0.25) is 4.79 Å². The van der Waals surface area contributed by atoms with E-state index >= 15 is 0 Å². The molecule has 0 radical (unpaired) electrons. The smallest absolute Gasteiger partial charge is 0.298 e. The molecule has 1 fully saturated rings. The number of carbonyl (C=O) groups is 1. The van der Waals surface area contributed by atoms with Gasteiger partial charge in [0.05, 0.1) is 4.88 Å². The predicted octanol–water partition coefficient (Wildman–Crippen LogP) is 3.16. The number of nitrogens with zero attached hydrogens (tertiary/aromatic N) is 3. The first-order valence-corrected chi connectivity index (χ1v) is 8.48. The zero-order valence-electron chi connectivity index (χ0n) is 12.9. The number of fused-ring (bicyclic) bond motifs is 1. The van der Waals surface area contributed by atoms with E-state index < -0.39 is 0 Å². The first-order chi connectivity index (χ1) is 11.2. The molecule has 118 valence electrons. The van der Waals surface area contributed by atoms with Gasteiger partial charge >= 0.3 is 0 Å². The monoisotopic (exact) mass is 327 g/mol. The Balaban J connectivity index is 1.45. The van der Waals surface area contributed by atoms with Crippen molar-refractivity contribution in [3.63, 3.8) is 0 Å². The Labute approximate surface area is 138 Å². The summed E-state index contributed by atoms with van der Waals surface area (Å²) in [6, 6.07) is 12.3. The molecule has 1 saturated heterocycles. The Morgan fingerprint density at radius 1 is 1.13 bits per heavy atom. The van der Waals surface area contributed by atoms with Crippen molar-refractivity contribution in [3.8, 4) is 0 Å². The molecule has 0 spiro atoms. The number of hydrogen-bond acceptors (Lipinski definition) is 5. The van der Waals surface area contributed by atoms with Crippen molar-refractivity contribution in [1.82, 2.24) is 9.88 Å². The first kappa shape index (κ1) is 14.3. The van der Waals surface area contributed by atoms with Gasteiger partial charge in [0.25, 0.3) is 11.9 Å². The van der Waals surface area contributed by atoms with Gasteiger partial charge < -0.3 is 14.2 Å². The van der Waals surface area contributed by atoms with Crippen molar-refractivity contribution in [2.75, 3.05) is 31.1 Å². The summed E-state index contributed by atoms with van der Waals surface area (Å²) in [5, 5.41) is 0. The maximum Gasteiger partial charge on any atom is 0.298 e. The molecule has 4 rings (SSSR count). The number of carbonyl (C=O) groups excluding carboxylic acids is 1. The number of aryl methyl sites for hydroxylation is 1. The fraction of sp³-hybridized carbons (Fsp3) is 0.294. The Kier molecular flexibility index (Phi) is 3.53. The molecule has 5 nitrogen and oxygen atoms in total. The minimum atomic E-state index is 0.125. The molecule has 0 saturated carbocycles. The summed E-state index contributed by atoms with van der Waals surface area (Å²) in [5.74, 6) is 0.125. The van der Waals surface area contributed by atoms with E-state index in [1.807, 2.05) is 48.2 Å². The average molecular weight is 327 g/mol. The third-order valence-corrected chi connectivity index (χ3v) is 5.06. The molecule has 1 amide bonds. The molecule has 0 aliphatic carbocycles. The highest BCUT2D eigenvalue weighted by Gasteiger charge is 2.25. The van der Waals surface area contributed by atoms with Crippen LogP contribution in [0.25, 0.3) is 11.1 Å². The minimum absolute atomic E-state index is 0.125. The highest BCUT2D eigenvalue weighted by atomic mass is 32.1. The maximum absolute atomic E-state index is 12.5. The molecule has 0 N–H and O–H groups in total. The fourth-order valence-corrected chi connectivity index (χ4v) is 3.64. The van der Waals surface area contributed by atoms with Crippen LogP contribution in [-0.2, 0) is 0 Å². The Morgan fingerprint density at radius 2 is 1.91 bits per heavy atom. The number of anilines is 1. The van der Waals surface area contributed by atoms with Gasteiger partial charge in [-0.1, -0.05) is 12.1 Å². The number of aromatic nitrogens is 1. The van der Waals surface area contributed by atoms with Crippen LogP contribution < -0.4 is 4.90 Å². The van der Waals surface area contributed by atoms with E-state index in [-0.39, 0.29) is 5.91 Å². The van der Waals surface area contributed by atoms with Gasteiger partial charge in [-0.25, -0.2) is 0 Å². The van der Waals surface area contributed by atoms with Gasteiger partial charge in [0, 0.05) is 31.1 Å². The van der Waals surface area contributed by atoms with Crippen molar-refractivity contribution >= 4 is 34.4 Å². The Morgan fingerprint density at radius 3 is 2.61 bits per heavy atom. The molecule has 1 aromatic carbocycles.